The molecule has 0 spiro atoms. The lowest BCUT2D eigenvalue weighted by atomic mass is 9.97. The summed E-state index contributed by atoms with van der Waals surface area (Å²) >= 11 is 1.74. The van der Waals surface area contributed by atoms with E-state index in [1.807, 2.05) is 36.1 Å². The van der Waals surface area contributed by atoms with Crippen LogP contribution in [0, 0.1) is 13.8 Å². The smallest absolute Gasteiger partial charge is 0.240 e. The van der Waals surface area contributed by atoms with E-state index in [1.165, 1.54) is 4.70 Å². The van der Waals surface area contributed by atoms with Gasteiger partial charge in [0, 0.05) is 32.0 Å². The number of fused-ring (bicyclic) bond motifs is 1. The van der Waals surface area contributed by atoms with Gasteiger partial charge in [-0.25, -0.2) is 18.1 Å². The zero-order valence-electron chi connectivity index (χ0n) is 17.8. The number of nitrogens with one attached hydrogen (secondary N) is 1. The molecule has 0 saturated carbocycles. The van der Waals surface area contributed by atoms with Crippen LogP contribution in [-0.2, 0) is 14.8 Å². The molecule has 2 heterocycles. The van der Waals surface area contributed by atoms with Crippen LogP contribution in [0.25, 0.3) is 10.2 Å². The highest BCUT2D eigenvalue weighted by molar-refractivity contribution is 7.89. The summed E-state index contributed by atoms with van der Waals surface area (Å²) in [4.78, 5) is 19.5. The summed E-state index contributed by atoms with van der Waals surface area (Å²) in [6.07, 6.45) is 1.94. The van der Waals surface area contributed by atoms with Crippen molar-refractivity contribution in [2.45, 2.75) is 43.9 Å². The standard InChI is InChI=1S/C23H27N3O3S2/c1-16-7-8-17(2)21(15-16)31(28,29)24-12-9-22(27)26-13-10-18(11-14-26)23-25-19-5-3-4-6-20(19)30-23/h3-8,15,18,24H,9-14H2,1-2H3. The van der Waals surface area contributed by atoms with Gasteiger partial charge in [-0.3, -0.25) is 4.79 Å². The van der Waals surface area contributed by atoms with Gasteiger partial charge < -0.3 is 4.90 Å². The minimum absolute atomic E-state index is 0.00795. The van der Waals surface area contributed by atoms with Gasteiger partial charge in [0.15, 0.2) is 0 Å². The van der Waals surface area contributed by atoms with Crippen molar-refractivity contribution in [3.05, 3.63) is 58.6 Å². The van der Waals surface area contributed by atoms with Crippen molar-refractivity contribution in [1.82, 2.24) is 14.6 Å². The molecule has 2 aromatic carbocycles. The van der Waals surface area contributed by atoms with Crippen molar-refractivity contribution in [2.75, 3.05) is 19.6 Å². The fraction of sp³-hybridized carbons (Fsp3) is 0.391. The van der Waals surface area contributed by atoms with Crippen LogP contribution in [0.5, 0.6) is 0 Å². The molecular formula is C23H27N3O3S2. The number of nitrogens with zero attached hydrogens (tertiary/aromatic N) is 2. The van der Waals surface area contributed by atoms with Gasteiger partial charge in [-0.1, -0.05) is 24.3 Å². The Balaban J connectivity index is 1.28. The average molecular weight is 458 g/mol. The van der Waals surface area contributed by atoms with Gasteiger partial charge in [0.2, 0.25) is 15.9 Å². The number of piperidine rings is 1. The van der Waals surface area contributed by atoms with Gasteiger partial charge in [-0.15, -0.1) is 11.3 Å². The highest BCUT2D eigenvalue weighted by Crippen LogP contribution is 2.33. The van der Waals surface area contributed by atoms with Gasteiger partial charge in [0.05, 0.1) is 20.1 Å². The summed E-state index contributed by atoms with van der Waals surface area (Å²) in [6.45, 7) is 5.10. The molecule has 8 heteroatoms. The monoisotopic (exact) mass is 457 g/mol. The second-order valence-electron chi connectivity index (χ2n) is 8.09. The van der Waals surface area contributed by atoms with Crippen molar-refractivity contribution < 1.29 is 13.2 Å². The van der Waals surface area contributed by atoms with Gasteiger partial charge >= 0.3 is 0 Å². The number of para-hydroxylation sites is 1. The molecule has 164 valence electrons. The molecule has 1 aliphatic heterocycles. The number of thiazole rings is 1. The van der Waals surface area contributed by atoms with Crippen LogP contribution in [0.15, 0.2) is 47.4 Å². The number of benzene rings is 2. The number of hydrogen-bond donors (Lipinski definition) is 1. The van der Waals surface area contributed by atoms with Crippen molar-refractivity contribution in [3.63, 3.8) is 0 Å². The Bertz CT molecular complexity index is 1160. The number of likely N-dealkylation sites (tertiary alicyclic amines) is 1. The first-order valence-corrected chi connectivity index (χ1v) is 12.8. The molecule has 0 atom stereocenters. The van der Waals surface area contributed by atoms with Crippen molar-refractivity contribution in [1.29, 1.82) is 0 Å². The van der Waals surface area contributed by atoms with Gasteiger partial charge in [-0.05, 0) is 56.0 Å². The summed E-state index contributed by atoms with van der Waals surface area (Å²) in [6, 6.07) is 13.5. The molecule has 1 amide bonds. The first-order valence-electron chi connectivity index (χ1n) is 10.5. The number of carbonyl (C=O) groups is 1. The SMILES string of the molecule is Cc1ccc(C)c(S(=O)(=O)NCCC(=O)N2CCC(c3nc4ccccc4s3)CC2)c1. The number of amides is 1. The molecule has 0 unspecified atom stereocenters. The lowest BCUT2D eigenvalue weighted by Crippen LogP contribution is -2.39. The maximum Gasteiger partial charge on any atom is 0.240 e. The fourth-order valence-electron chi connectivity index (χ4n) is 3.97. The third-order valence-electron chi connectivity index (χ3n) is 5.77. The number of aryl methyl sites for hydroxylation is 2. The van der Waals surface area contributed by atoms with Crippen molar-refractivity contribution in [3.8, 4) is 0 Å². The zero-order chi connectivity index (χ0) is 22.0. The maximum absolute atomic E-state index is 12.6. The van der Waals surface area contributed by atoms with E-state index in [0.29, 0.717) is 24.6 Å². The van der Waals surface area contributed by atoms with Crippen molar-refractivity contribution >= 4 is 37.5 Å². The Labute approximate surface area is 187 Å². The molecule has 0 bridgehead atoms. The minimum Gasteiger partial charge on any atom is -0.343 e. The summed E-state index contributed by atoms with van der Waals surface area (Å²) in [5.74, 6) is 0.371. The molecule has 0 aliphatic carbocycles. The summed E-state index contributed by atoms with van der Waals surface area (Å²) in [7, 11) is -3.63. The van der Waals surface area contributed by atoms with E-state index in [4.69, 9.17) is 4.98 Å². The normalized spacial score (nSPS) is 15.5. The molecule has 4 rings (SSSR count). The van der Waals surface area contributed by atoms with Crippen molar-refractivity contribution in [2.24, 2.45) is 0 Å². The second-order valence-corrected chi connectivity index (χ2v) is 10.9. The molecule has 0 radical (unpaired) electrons. The van der Waals surface area contributed by atoms with E-state index < -0.39 is 10.0 Å². The Morgan fingerprint density at radius 3 is 2.65 bits per heavy atom. The molecule has 1 fully saturated rings. The Morgan fingerprint density at radius 1 is 1.16 bits per heavy atom. The molecule has 1 aromatic heterocycles. The van der Waals surface area contributed by atoms with E-state index >= 15 is 0 Å². The van der Waals surface area contributed by atoms with E-state index in [1.54, 1.807) is 30.4 Å². The zero-order valence-corrected chi connectivity index (χ0v) is 19.4. The van der Waals surface area contributed by atoms with Gasteiger partial charge in [0.25, 0.3) is 0 Å². The lowest BCUT2D eigenvalue weighted by Gasteiger charge is -2.31. The predicted octanol–water partition coefficient (Wildman–Crippen LogP) is 3.99. The van der Waals surface area contributed by atoms with Crippen LogP contribution in [0.1, 0.15) is 41.3 Å². The molecule has 31 heavy (non-hydrogen) atoms. The maximum atomic E-state index is 12.6. The molecule has 1 N–H and O–H groups in total. The number of hydrogen-bond acceptors (Lipinski definition) is 5. The molecule has 1 aliphatic rings. The minimum atomic E-state index is -3.63. The van der Waals surface area contributed by atoms with E-state index in [2.05, 4.69) is 10.8 Å². The summed E-state index contributed by atoms with van der Waals surface area (Å²) in [5.41, 5.74) is 2.62. The fourth-order valence-corrected chi connectivity index (χ4v) is 6.46. The summed E-state index contributed by atoms with van der Waals surface area (Å²) < 4.78 is 29.0. The first-order chi connectivity index (χ1) is 14.8. The highest BCUT2D eigenvalue weighted by Gasteiger charge is 2.26. The summed E-state index contributed by atoms with van der Waals surface area (Å²) in [5, 5.41) is 1.15. The second kappa shape index (κ2) is 9.06. The van der Waals surface area contributed by atoms with Crippen LogP contribution in [0.4, 0.5) is 0 Å². The third-order valence-corrected chi connectivity index (χ3v) is 8.57. The van der Waals surface area contributed by atoms with Crippen LogP contribution < -0.4 is 4.72 Å². The molecule has 3 aromatic rings. The molecule has 6 nitrogen and oxygen atoms in total. The largest absolute Gasteiger partial charge is 0.343 e. The van der Waals surface area contributed by atoms with Gasteiger partial charge in [0.1, 0.15) is 0 Å². The molecular weight excluding hydrogens is 430 g/mol. The average Bonchev–Trinajstić information content (AvgIpc) is 3.19. The number of rotatable bonds is 6. The van der Waals surface area contributed by atoms with Crippen LogP contribution in [0.2, 0.25) is 0 Å². The van der Waals surface area contributed by atoms with Crippen LogP contribution >= 0.6 is 11.3 Å². The Hall–Kier alpha value is -2.29. The highest BCUT2D eigenvalue weighted by atomic mass is 32.2. The van der Waals surface area contributed by atoms with E-state index in [0.717, 1.165) is 28.9 Å². The Kier molecular flexibility index (Phi) is 6.41. The van der Waals surface area contributed by atoms with Crippen LogP contribution in [-0.4, -0.2) is 43.8 Å². The predicted molar refractivity (Wildman–Crippen MR) is 124 cm³/mol. The number of aromatic nitrogens is 1. The van der Waals surface area contributed by atoms with E-state index in [9.17, 15) is 13.2 Å². The number of carbonyl (C=O) groups excluding carboxylic acids is 1. The third kappa shape index (κ3) is 4.97. The van der Waals surface area contributed by atoms with Crippen LogP contribution in [0.3, 0.4) is 0 Å². The first kappa shape index (κ1) is 21.9. The molecule has 1 saturated heterocycles. The van der Waals surface area contributed by atoms with E-state index in [-0.39, 0.29) is 23.8 Å². The lowest BCUT2D eigenvalue weighted by molar-refractivity contribution is -0.132. The number of sulfonamides is 1. The topological polar surface area (TPSA) is 79.4 Å². The Morgan fingerprint density at radius 2 is 1.90 bits per heavy atom. The van der Waals surface area contributed by atoms with Gasteiger partial charge in [-0.2, -0.15) is 0 Å². The quantitative estimate of drug-likeness (QED) is 0.607.